The van der Waals surface area contributed by atoms with Crippen LogP contribution in [0.15, 0.2) is 4.52 Å². The molecular formula is C9H15N3O2. The van der Waals surface area contributed by atoms with Gasteiger partial charge in [0.25, 0.3) is 0 Å². The molecule has 2 rings (SSSR count). The van der Waals surface area contributed by atoms with Crippen molar-refractivity contribution in [3.05, 3.63) is 11.7 Å². The van der Waals surface area contributed by atoms with Crippen LogP contribution < -0.4 is 5.32 Å². The van der Waals surface area contributed by atoms with Gasteiger partial charge in [-0.15, -0.1) is 0 Å². The third-order valence-electron chi connectivity index (χ3n) is 2.43. The maximum absolute atomic E-state index is 8.70. The van der Waals surface area contributed by atoms with Crippen LogP contribution in [0.1, 0.15) is 37.0 Å². The monoisotopic (exact) mass is 197 g/mol. The minimum atomic E-state index is 0.0553. The average molecular weight is 197 g/mol. The van der Waals surface area contributed by atoms with Crippen molar-refractivity contribution in [2.75, 3.05) is 13.2 Å². The summed E-state index contributed by atoms with van der Waals surface area (Å²) in [4.78, 5) is 4.22. The molecule has 1 aliphatic rings. The van der Waals surface area contributed by atoms with Gasteiger partial charge in [-0.2, -0.15) is 4.98 Å². The number of aromatic nitrogens is 2. The zero-order valence-electron chi connectivity index (χ0n) is 8.07. The summed E-state index contributed by atoms with van der Waals surface area (Å²) < 4.78 is 5.00. The molecule has 2 N–H and O–H groups in total. The van der Waals surface area contributed by atoms with Gasteiger partial charge in [0.2, 0.25) is 5.89 Å². The lowest BCUT2D eigenvalue weighted by molar-refractivity contribution is 0.273. The van der Waals surface area contributed by atoms with Gasteiger partial charge in [-0.05, 0) is 19.4 Å². The minimum Gasteiger partial charge on any atom is -0.396 e. The van der Waals surface area contributed by atoms with Crippen LogP contribution in [0.2, 0.25) is 0 Å². The van der Waals surface area contributed by atoms with Crippen LogP contribution in [0.4, 0.5) is 0 Å². The van der Waals surface area contributed by atoms with Gasteiger partial charge in [-0.3, -0.25) is 0 Å². The van der Waals surface area contributed by atoms with Crippen LogP contribution >= 0.6 is 0 Å². The van der Waals surface area contributed by atoms with Crippen LogP contribution in [-0.4, -0.2) is 28.4 Å². The van der Waals surface area contributed by atoms with Gasteiger partial charge in [0.15, 0.2) is 5.82 Å². The molecule has 1 aliphatic heterocycles. The van der Waals surface area contributed by atoms with E-state index < -0.39 is 0 Å². The molecule has 14 heavy (non-hydrogen) atoms. The molecule has 5 nitrogen and oxygen atoms in total. The Morgan fingerprint density at radius 3 is 3.14 bits per heavy atom. The summed E-state index contributed by atoms with van der Waals surface area (Å²) in [6.07, 6.45) is 3.94. The molecule has 5 heteroatoms. The topological polar surface area (TPSA) is 71.2 Å². The summed E-state index contributed by atoms with van der Waals surface area (Å²) in [5.74, 6) is 1.25. The Bertz CT molecular complexity index is 281. The largest absolute Gasteiger partial charge is 0.396 e. The first-order chi connectivity index (χ1) is 6.90. The Morgan fingerprint density at radius 2 is 2.43 bits per heavy atom. The molecule has 1 fully saturated rings. The Kier molecular flexibility index (Phi) is 3.10. The molecule has 0 saturated carbocycles. The molecule has 1 aromatic heterocycles. The van der Waals surface area contributed by atoms with Crippen molar-refractivity contribution in [1.82, 2.24) is 15.5 Å². The fourth-order valence-corrected chi connectivity index (χ4v) is 1.68. The number of aliphatic hydroxyl groups excluding tert-OH is 1. The van der Waals surface area contributed by atoms with E-state index in [0.29, 0.717) is 12.3 Å². The number of hydrogen-bond donors (Lipinski definition) is 2. The number of piperidine rings is 1. The fraction of sp³-hybridized carbons (Fsp3) is 0.778. The van der Waals surface area contributed by atoms with Crippen LogP contribution in [0.25, 0.3) is 0 Å². The van der Waals surface area contributed by atoms with Crippen molar-refractivity contribution in [2.24, 2.45) is 0 Å². The van der Waals surface area contributed by atoms with Gasteiger partial charge >= 0.3 is 0 Å². The predicted octanol–water partition coefficient (Wildman–Crippen LogP) is 0.419. The van der Waals surface area contributed by atoms with Gasteiger partial charge in [0, 0.05) is 0 Å². The van der Waals surface area contributed by atoms with Crippen molar-refractivity contribution in [3.8, 4) is 0 Å². The molecule has 1 atom stereocenters. The molecule has 0 aromatic carbocycles. The Labute approximate surface area is 82.5 Å². The van der Waals surface area contributed by atoms with Gasteiger partial charge in [-0.25, -0.2) is 0 Å². The van der Waals surface area contributed by atoms with E-state index in [1.54, 1.807) is 0 Å². The van der Waals surface area contributed by atoms with Gasteiger partial charge < -0.3 is 14.9 Å². The normalized spacial score (nSPS) is 22.5. The van der Waals surface area contributed by atoms with E-state index >= 15 is 0 Å². The van der Waals surface area contributed by atoms with Crippen molar-refractivity contribution in [3.63, 3.8) is 0 Å². The summed E-state index contributed by atoms with van der Waals surface area (Å²) >= 11 is 0. The highest BCUT2D eigenvalue weighted by Crippen LogP contribution is 2.20. The molecule has 0 radical (unpaired) electrons. The highest BCUT2D eigenvalue weighted by atomic mass is 16.5. The summed E-state index contributed by atoms with van der Waals surface area (Å²) in [6.45, 7) is 1.08. The van der Waals surface area contributed by atoms with Crippen LogP contribution in [0.3, 0.4) is 0 Å². The predicted molar refractivity (Wildman–Crippen MR) is 49.7 cm³/mol. The van der Waals surface area contributed by atoms with Crippen molar-refractivity contribution in [1.29, 1.82) is 0 Å². The smallest absolute Gasteiger partial charge is 0.229 e. The molecule has 1 unspecified atom stereocenters. The first-order valence-corrected chi connectivity index (χ1v) is 5.07. The zero-order chi connectivity index (χ0) is 9.80. The number of nitrogens with one attached hydrogen (secondary N) is 1. The van der Waals surface area contributed by atoms with E-state index in [1.165, 1.54) is 12.8 Å². The fourth-order valence-electron chi connectivity index (χ4n) is 1.68. The second kappa shape index (κ2) is 4.52. The highest BCUT2D eigenvalue weighted by molar-refractivity contribution is 4.95. The Morgan fingerprint density at radius 1 is 1.50 bits per heavy atom. The standard InChI is InChI=1S/C9H15N3O2/c13-6-4-8-11-9(12-14-8)7-3-1-2-5-10-7/h7,10,13H,1-6H2. The van der Waals surface area contributed by atoms with E-state index in [9.17, 15) is 0 Å². The van der Waals surface area contributed by atoms with Gasteiger partial charge in [0.05, 0.1) is 19.1 Å². The summed E-state index contributed by atoms with van der Waals surface area (Å²) in [5, 5.41) is 15.9. The SMILES string of the molecule is OCCc1nc(C2CCCCN2)no1. The van der Waals surface area contributed by atoms with Crippen LogP contribution in [0, 0.1) is 0 Å². The quantitative estimate of drug-likeness (QED) is 0.734. The lowest BCUT2D eigenvalue weighted by Gasteiger charge is -2.19. The third-order valence-corrected chi connectivity index (χ3v) is 2.43. The highest BCUT2D eigenvalue weighted by Gasteiger charge is 2.19. The Hall–Kier alpha value is -0.940. The van der Waals surface area contributed by atoms with E-state index in [0.717, 1.165) is 18.8 Å². The third kappa shape index (κ3) is 2.10. The van der Waals surface area contributed by atoms with E-state index in [1.807, 2.05) is 0 Å². The summed E-state index contributed by atoms with van der Waals surface area (Å²) in [6, 6.07) is 0.236. The number of hydrogen-bond acceptors (Lipinski definition) is 5. The second-order valence-corrected chi connectivity index (χ2v) is 3.52. The zero-order valence-corrected chi connectivity index (χ0v) is 8.07. The van der Waals surface area contributed by atoms with Crippen LogP contribution in [0.5, 0.6) is 0 Å². The molecule has 2 heterocycles. The second-order valence-electron chi connectivity index (χ2n) is 3.52. The molecule has 78 valence electrons. The van der Waals surface area contributed by atoms with Crippen molar-refractivity contribution < 1.29 is 9.63 Å². The van der Waals surface area contributed by atoms with Crippen molar-refractivity contribution >= 4 is 0 Å². The van der Waals surface area contributed by atoms with E-state index in [2.05, 4.69) is 15.5 Å². The van der Waals surface area contributed by atoms with Gasteiger partial charge in [-0.1, -0.05) is 11.6 Å². The van der Waals surface area contributed by atoms with Crippen LogP contribution in [-0.2, 0) is 6.42 Å². The minimum absolute atomic E-state index is 0.0553. The number of aliphatic hydroxyl groups is 1. The molecule has 0 spiro atoms. The first-order valence-electron chi connectivity index (χ1n) is 5.07. The maximum Gasteiger partial charge on any atom is 0.229 e. The lowest BCUT2D eigenvalue weighted by Crippen LogP contribution is -2.27. The average Bonchev–Trinajstić information content (AvgIpc) is 2.68. The maximum atomic E-state index is 8.70. The molecule has 0 amide bonds. The molecular weight excluding hydrogens is 182 g/mol. The molecule has 0 bridgehead atoms. The van der Waals surface area contributed by atoms with Crippen molar-refractivity contribution in [2.45, 2.75) is 31.7 Å². The van der Waals surface area contributed by atoms with E-state index in [-0.39, 0.29) is 12.6 Å². The molecule has 1 saturated heterocycles. The summed E-state index contributed by atoms with van der Waals surface area (Å²) in [7, 11) is 0. The Balaban J connectivity index is 2.00. The lowest BCUT2D eigenvalue weighted by atomic mass is 10.0. The first kappa shape index (κ1) is 9.61. The van der Waals surface area contributed by atoms with E-state index in [4.69, 9.17) is 9.63 Å². The van der Waals surface area contributed by atoms with Gasteiger partial charge in [0.1, 0.15) is 0 Å². The molecule has 0 aliphatic carbocycles. The number of nitrogens with zero attached hydrogens (tertiary/aromatic N) is 2. The summed E-state index contributed by atoms with van der Waals surface area (Å²) in [5.41, 5.74) is 0. The molecule has 1 aromatic rings. The number of rotatable bonds is 3.